The molecular formula is C19H23FN2O3S. The van der Waals surface area contributed by atoms with Crippen molar-refractivity contribution in [3.63, 3.8) is 0 Å². The van der Waals surface area contributed by atoms with Gasteiger partial charge in [0, 0.05) is 26.2 Å². The van der Waals surface area contributed by atoms with Gasteiger partial charge in [0.05, 0.1) is 18.1 Å². The van der Waals surface area contributed by atoms with Crippen LogP contribution in [-0.2, 0) is 27.8 Å². The van der Waals surface area contributed by atoms with Crippen LogP contribution in [0.25, 0.3) is 0 Å². The standard InChI is InChI=1S/C19H23FN2O3S/c1-15-12-18(20)6-7-19(15)26(23,24)21-13-16-2-4-17(5-3-16)14-22-8-10-25-11-9-22/h2-7,12,21H,8-11,13-14H2,1H3. The number of hydrogen-bond donors (Lipinski definition) is 1. The van der Waals surface area contributed by atoms with Crippen LogP contribution in [0.5, 0.6) is 0 Å². The molecule has 3 rings (SSSR count). The van der Waals surface area contributed by atoms with Gasteiger partial charge in [-0.2, -0.15) is 0 Å². The molecule has 0 spiro atoms. The Labute approximate surface area is 153 Å². The number of hydrogen-bond acceptors (Lipinski definition) is 4. The van der Waals surface area contributed by atoms with E-state index in [2.05, 4.69) is 9.62 Å². The first-order valence-corrected chi connectivity index (χ1v) is 10.1. The third kappa shape index (κ3) is 4.88. The molecule has 0 radical (unpaired) electrons. The summed E-state index contributed by atoms with van der Waals surface area (Å²) >= 11 is 0. The number of halogens is 1. The van der Waals surface area contributed by atoms with E-state index in [0.29, 0.717) is 5.56 Å². The number of morpholine rings is 1. The van der Waals surface area contributed by atoms with E-state index in [4.69, 9.17) is 4.74 Å². The van der Waals surface area contributed by atoms with Gasteiger partial charge in [-0.15, -0.1) is 0 Å². The van der Waals surface area contributed by atoms with Gasteiger partial charge in [0.1, 0.15) is 5.82 Å². The molecule has 5 nitrogen and oxygen atoms in total. The van der Waals surface area contributed by atoms with Crippen molar-refractivity contribution in [2.24, 2.45) is 0 Å². The Morgan fingerprint density at radius 2 is 1.73 bits per heavy atom. The Bertz CT molecular complexity index is 848. The molecular weight excluding hydrogens is 355 g/mol. The number of rotatable bonds is 6. The maximum absolute atomic E-state index is 13.2. The minimum Gasteiger partial charge on any atom is -0.379 e. The first-order valence-electron chi connectivity index (χ1n) is 8.58. The second-order valence-corrected chi connectivity index (χ2v) is 8.17. The van der Waals surface area contributed by atoms with Crippen LogP contribution in [0.1, 0.15) is 16.7 Å². The topological polar surface area (TPSA) is 58.6 Å². The Kier molecular flexibility index (Phi) is 6.03. The number of benzene rings is 2. The Balaban J connectivity index is 1.60. The lowest BCUT2D eigenvalue weighted by atomic mass is 10.1. The lowest BCUT2D eigenvalue weighted by Crippen LogP contribution is -2.35. The van der Waals surface area contributed by atoms with Crippen molar-refractivity contribution in [2.75, 3.05) is 26.3 Å². The fraction of sp³-hybridized carbons (Fsp3) is 0.368. The molecule has 2 aromatic carbocycles. The van der Waals surface area contributed by atoms with Gasteiger partial charge in [-0.25, -0.2) is 17.5 Å². The second-order valence-electron chi connectivity index (χ2n) is 6.44. The molecule has 2 aromatic rings. The Morgan fingerprint density at radius 3 is 2.38 bits per heavy atom. The van der Waals surface area contributed by atoms with Gasteiger partial charge >= 0.3 is 0 Å². The first-order chi connectivity index (χ1) is 12.4. The molecule has 1 aliphatic rings. The molecule has 1 heterocycles. The van der Waals surface area contributed by atoms with Crippen LogP contribution in [0.4, 0.5) is 4.39 Å². The van der Waals surface area contributed by atoms with Crippen LogP contribution in [0.15, 0.2) is 47.4 Å². The van der Waals surface area contributed by atoms with Crippen molar-refractivity contribution in [3.05, 3.63) is 65.0 Å². The van der Waals surface area contributed by atoms with Gasteiger partial charge in [0.25, 0.3) is 0 Å². The summed E-state index contributed by atoms with van der Waals surface area (Å²) in [7, 11) is -3.68. The molecule has 1 aliphatic heterocycles. The molecule has 1 N–H and O–H groups in total. The summed E-state index contributed by atoms with van der Waals surface area (Å²) in [5.41, 5.74) is 2.45. The van der Waals surface area contributed by atoms with E-state index in [-0.39, 0.29) is 11.4 Å². The lowest BCUT2D eigenvalue weighted by Gasteiger charge is -2.26. The summed E-state index contributed by atoms with van der Waals surface area (Å²) in [4.78, 5) is 2.43. The second kappa shape index (κ2) is 8.26. The zero-order chi connectivity index (χ0) is 18.6. The number of nitrogens with one attached hydrogen (secondary N) is 1. The molecule has 26 heavy (non-hydrogen) atoms. The first kappa shape index (κ1) is 19.0. The average Bonchev–Trinajstić information content (AvgIpc) is 2.62. The van der Waals surface area contributed by atoms with Crippen molar-refractivity contribution >= 4 is 10.0 Å². The van der Waals surface area contributed by atoms with Crippen LogP contribution in [0, 0.1) is 12.7 Å². The molecule has 140 valence electrons. The van der Waals surface area contributed by atoms with Crippen molar-refractivity contribution < 1.29 is 17.5 Å². The van der Waals surface area contributed by atoms with Crippen molar-refractivity contribution in [3.8, 4) is 0 Å². The quantitative estimate of drug-likeness (QED) is 0.839. The summed E-state index contributed by atoms with van der Waals surface area (Å²) in [5.74, 6) is -0.447. The highest BCUT2D eigenvalue weighted by molar-refractivity contribution is 7.89. The molecule has 0 saturated carbocycles. The largest absolute Gasteiger partial charge is 0.379 e. The fourth-order valence-corrected chi connectivity index (χ4v) is 4.19. The van der Waals surface area contributed by atoms with Crippen LogP contribution in [-0.4, -0.2) is 39.6 Å². The highest BCUT2D eigenvalue weighted by atomic mass is 32.2. The summed E-state index contributed by atoms with van der Waals surface area (Å²) in [6.07, 6.45) is 0. The van der Waals surface area contributed by atoms with Crippen molar-refractivity contribution in [2.45, 2.75) is 24.9 Å². The maximum atomic E-state index is 13.2. The van der Waals surface area contributed by atoms with E-state index in [9.17, 15) is 12.8 Å². The molecule has 0 bridgehead atoms. The molecule has 7 heteroatoms. The van der Waals surface area contributed by atoms with Crippen LogP contribution in [0.3, 0.4) is 0 Å². The minimum absolute atomic E-state index is 0.0998. The number of sulfonamides is 1. The molecule has 0 aliphatic carbocycles. The van der Waals surface area contributed by atoms with Gasteiger partial charge in [-0.3, -0.25) is 4.90 Å². The average molecular weight is 378 g/mol. The van der Waals surface area contributed by atoms with Gasteiger partial charge in [-0.05, 0) is 41.8 Å². The SMILES string of the molecule is Cc1cc(F)ccc1S(=O)(=O)NCc1ccc(CN2CCOCC2)cc1. The van der Waals surface area contributed by atoms with Crippen LogP contribution >= 0.6 is 0 Å². The molecule has 1 fully saturated rings. The third-order valence-electron chi connectivity index (χ3n) is 4.43. The van der Waals surface area contributed by atoms with Crippen molar-refractivity contribution in [1.29, 1.82) is 0 Å². The summed E-state index contributed by atoms with van der Waals surface area (Å²) in [6.45, 7) is 6.03. The molecule has 0 unspecified atom stereocenters. The van der Waals surface area contributed by atoms with Gasteiger partial charge in [0.15, 0.2) is 0 Å². The summed E-state index contributed by atoms with van der Waals surface area (Å²) in [6, 6.07) is 11.5. The number of aryl methyl sites for hydroxylation is 1. The van der Waals surface area contributed by atoms with Gasteiger partial charge in [0.2, 0.25) is 10.0 Å². The Morgan fingerprint density at radius 1 is 1.08 bits per heavy atom. The van der Waals surface area contributed by atoms with E-state index >= 15 is 0 Å². The zero-order valence-corrected chi connectivity index (χ0v) is 15.6. The predicted molar refractivity (Wildman–Crippen MR) is 97.7 cm³/mol. The number of ether oxygens (including phenoxy) is 1. The number of nitrogens with zero attached hydrogens (tertiary/aromatic N) is 1. The zero-order valence-electron chi connectivity index (χ0n) is 14.7. The maximum Gasteiger partial charge on any atom is 0.241 e. The van der Waals surface area contributed by atoms with E-state index in [0.717, 1.165) is 44.5 Å². The van der Waals surface area contributed by atoms with Gasteiger partial charge in [-0.1, -0.05) is 24.3 Å². The molecule has 0 amide bonds. The molecule has 0 aromatic heterocycles. The third-order valence-corrected chi connectivity index (χ3v) is 5.99. The monoisotopic (exact) mass is 378 g/mol. The molecule has 0 atom stereocenters. The van der Waals surface area contributed by atoms with E-state index in [1.165, 1.54) is 17.7 Å². The van der Waals surface area contributed by atoms with E-state index in [1.807, 2.05) is 24.3 Å². The van der Waals surface area contributed by atoms with Crippen molar-refractivity contribution in [1.82, 2.24) is 9.62 Å². The van der Waals surface area contributed by atoms with Crippen LogP contribution in [0.2, 0.25) is 0 Å². The summed E-state index contributed by atoms with van der Waals surface area (Å²) < 4.78 is 45.9. The normalized spacial score (nSPS) is 15.9. The highest BCUT2D eigenvalue weighted by Crippen LogP contribution is 2.17. The highest BCUT2D eigenvalue weighted by Gasteiger charge is 2.17. The predicted octanol–water partition coefficient (Wildman–Crippen LogP) is 2.44. The van der Waals surface area contributed by atoms with E-state index < -0.39 is 15.8 Å². The van der Waals surface area contributed by atoms with Gasteiger partial charge < -0.3 is 4.74 Å². The minimum atomic E-state index is -3.68. The smallest absolute Gasteiger partial charge is 0.241 e. The lowest BCUT2D eigenvalue weighted by molar-refractivity contribution is 0.0342. The van der Waals surface area contributed by atoms with Crippen LogP contribution < -0.4 is 4.72 Å². The Hall–Kier alpha value is -1.80. The molecule has 1 saturated heterocycles. The fourth-order valence-electron chi connectivity index (χ4n) is 2.95. The van der Waals surface area contributed by atoms with E-state index in [1.54, 1.807) is 6.92 Å². The summed E-state index contributed by atoms with van der Waals surface area (Å²) in [5, 5.41) is 0.